The van der Waals surface area contributed by atoms with Crippen LogP contribution in [0, 0.1) is 11.7 Å². The fraction of sp³-hybridized carbons (Fsp3) is 0.429. The van der Waals surface area contributed by atoms with Crippen LogP contribution in [0.15, 0.2) is 18.2 Å². The van der Waals surface area contributed by atoms with Crippen LogP contribution in [-0.2, 0) is 9.53 Å². The minimum atomic E-state index is -0.705. The second-order valence-corrected chi connectivity index (χ2v) is 5.24. The quantitative estimate of drug-likeness (QED) is 0.877. The summed E-state index contributed by atoms with van der Waals surface area (Å²) in [5.74, 6) is -0.960. The lowest BCUT2D eigenvalue weighted by atomic mass is 9.95. The molecule has 0 bridgehead atoms. The number of ether oxygens (including phenoxy) is 1. The van der Waals surface area contributed by atoms with E-state index in [2.05, 4.69) is 15.4 Å². The van der Waals surface area contributed by atoms with Gasteiger partial charge in [0.2, 0.25) is 5.91 Å². The molecule has 116 valence electrons. The zero-order valence-electron chi connectivity index (χ0n) is 12.1. The third-order valence-corrected chi connectivity index (χ3v) is 3.09. The van der Waals surface area contributed by atoms with E-state index in [1.54, 1.807) is 6.07 Å². The largest absolute Gasteiger partial charge is 0.453 e. The van der Waals surface area contributed by atoms with Gasteiger partial charge in [0.25, 0.3) is 0 Å². The highest BCUT2D eigenvalue weighted by molar-refractivity contribution is 6.30. The molecule has 0 unspecified atom stereocenters. The third kappa shape index (κ3) is 5.23. The molecule has 1 aromatic rings. The van der Waals surface area contributed by atoms with Crippen molar-refractivity contribution in [3.8, 4) is 0 Å². The van der Waals surface area contributed by atoms with E-state index >= 15 is 0 Å². The van der Waals surface area contributed by atoms with Crippen LogP contribution in [-0.4, -0.2) is 25.7 Å². The van der Waals surface area contributed by atoms with E-state index in [1.807, 2.05) is 13.8 Å². The number of alkyl carbamates (subject to hydrolysis) is 1. The summed E-state index contributed by atoms with van der Waals surface area (Å²) in [7, 11) is 1.20. The Hall–Kier alpha value is -1.82. The lowest BCUT2D eigenvalue weighted by Crippen LogP contribution is -2.40. The van der Waals surface area contributed by atoms with E-state index in [1.165, 1.54) is 19.2 Å². The minimum Gasteiger partial charge on any atom is -0.453 e. The Balaban J connectivity index is 2.78. The number of methoxy groups -OCH3 is 1. The van der Waals surface area contributed by atoms with Crippen molar-refractivity contribution in [2.75, 3.05) is 13.7 Å². The highest BCUT2D eigenvalue weighted by atomic mass is 35.5. The predicted octanol–water partition coefficient (Wildman–Crippen LogP) is 2.65. The topological polar surface area (TPSA) is 67.4 Å². The molecule has 2 N–H and O–H groups in total. The first-order chi connectivity index (χ1) is 9.85. The molecule has 1 rings (SSSR count). The van der Waals surface area contributed by atoms with Crippen LogP contribution in [0.25, 0.3) is 0 Å². The SMILES string of the molecule is COC(=O)NCC(=O)N[C@H](c1ccc(Cl)cc1F)C(C)C. The van der Waals surface area contributed by atoms with Crippen LogP contribution in [0.4, 0.5) is 9.18 Å². The summed E-state index contributed by atoms with van der Waals surface area (Å²) < 4.78 is 18.3. The minimum absolute atomic E-state index is 0.0391. The fourth-order valence-corrected chi connectivity index (χ4v) is 1.97. The van der Waals surface area contributed by atoms with Crippen molar-refractivity contribution in [2.45, 2.75) is 19.9 Å². The van der Waals surface area contributed by atoms with Crippen LogP contribution in [0.1, 0.15) is 25.5 Å². The molecular weight excluding hydrogens is 299 g/mol. The number of benzene rings is 1. The average Bonchev–Trinajstić information content (AvgIpc) is 2.42. The van der Waals surface area contributed by atoms with Crippen molar-refractivity contribution in [3.05, 3.63) is 34.6 Å². The average molecular weight is 317 g/mol. The first-order valence-corrected chi connectivity index (χ1v) is 6.79. The van der Waals surface area contributed by atoms with Gasteiger partial charge in [0, 0.05) is 10.6 Å². The summed E-state index contributed by atoms with van der Waals surface area (Å²) in [4.78, 5) is 22.7. The third-order valence-electron chi connectivity index (χ3n) is 2.86. The molecule has 1 aromatic carbocycles. The van der Waals surface area contributed by atoms with Crippen LogP contribution >= 0.6 is 11.6 Å². The molecule has 0 aliphatic rings. The summed E-state index contributed by atoms with van der Waals surface area (Å²) in [6.45, 7) is 3.46. The maximum absolute atomic E-state index is 14.0. The van der Waals surface area contributed by atoms with E-state index in [4.69, 9.17) is 11.6 Å². The molecule has 0 saturated carbocycles. The Morgan fingerprint density at radius 2 is 2.05 bits per heavy atom. The lowest BCUT2D eigenvalue weighted by molar-refractivity contribution is -0.121. The summed E-state index contributed by atoms with van der Waals surface area (Å²) in [6, 6.07) is 3.78. The Morgan fingerprint density at radius 3 is 2.57 bits per heavy atom. The molecule has 7 heteroatoms. The number of hydrogen-bond acceptors (Lipinski definition) is 3. The van der Waals surface area contributed by atoms with Gasteiger partial charge in [0.15, 0.2) is 0 Å². The number of amides is 2. The summed E-state index contributed by atoms with van der Waals surface area (Å²) in [6.07, 6.45) is -0.705. The molecule has 0 saturated heterocycles. The van der Waals surface area contributed by atoms with Crippen molar-refractivity contribution in [3.63, 3.8) is 0 Å². The maximum atomic E-state index is 14.0. The fourth-order valence-electron chi connectivity index (χ4n) is 1.81. The number of carbonyl (C=O) groups is 2. The Bertz CT molecular complexity index is 523. The molecule has 0 radical (unpaired) electrons. The normalized spacial score (nSPS) is 11.9. The van der Waals surface area contributed by atoms with Gasteiger partial charge in [0.05, 0.1) is 13.2 Å². The highest BCUT2D eigenvalue weighted by Gasteiger charge is 2.21. The highest BCUT2D eigenvalue weighted by Crippen LogP contribution is 2.26. The molecule has 5 nitrogen and oxygen atoms in total. The number of rotatable bonds is 5. The first-order valence-electron chi connectivity index (χ1n) is 6.41. The van der Waals surface area contributed by atoms with Crippen molar-refractivity contribution in [2.24, 2.45) is 5.92 Å². The molecule has 1 atom stereocenters. The van der Waals surface area contributed by atoms with Gasteiger partial charge in [-0.2, -0.15) is 0 Å². The van der Waals surface area contributed by atoms with Gasteiger partial charge in [-0.05, 0) is 18.1 Å². The van der Waals surface area contributed by atoms with E-state index in [0.717, 1.165) is 0 Å². The second kappa shape index (κ2) is 7.83. The first kappa shape index (κ1) is 17.2. The van der Waals surface area contributed by atoms with Crippen LogP contribution in [0.5, 0.6) is 0 Å². The van der Waals surface area contributed by atoms with E-state index in [9.17, 15) is 14.0 Å². The summed E-state index contributed by atoms with van der Waals surface area (Å²) in [5.41, 5.74) is 0.348. The van der Waals surface area contributed by atoms with Gasteiger partial charge >= 0.3 is 6.09 Å². The second-order valence-electron chi connectivity index (χ2n) is 4.80. The number of hydrogen-bond donors (Lipinski definition) is 2. The van der Waals surface area contributed by atoms with Crippen molar-refractivity contribution in [1.82, 2.24) is 10.6 Å². The number of nitrogens with one attached hydrogen (secondary N) is 2. The molecule has 0 aromatic heterocycles. The van der Waals surface area contributed by atoms with E-state index in [0.29, 0.717) is 5.56 Å². The molecule has 0 heterocycles. The van der Waals surface area contributed by atoms with Gasteiger partial charge in [0.1, 0.15) is 12.4 Å². The van der Waals surface area contributed by atoms with Gasteiger partial charge in [-0.1, -0.05) is 31.5 Å². The molecule has 21 heavy (non-hydrogen) atoms. The number of halogens is 2. The van der Waals surface area contributed by atoms with Crippen LogP contribution < -0.4 is 10.6 Å². The molecule has 0 fully saturated rings. The van der Waals surface area contributed by atoms with Crippen molar-refractivity contribution in [1.29, 1.82) is 0 Å². The zero-order chi connectivity index (χ0) is 16.0. The smallest absolute Gasteiger partial charge is 0.407 e. The van der Waals surface area contributed by atoms with Gasteiger partial charge in [-0.15, -0.1) is 0 Å². The molecular formula is C14H18ClFN2O3. The molecule has 2 amide bonds. The Labute approximate surface area is 127 Å². The Kier molecular flexibility index (Phi) is 6.42. The predicted molar refractivity (Wildman–Crippen MR) is 77.5 cm³/mol. The summed E-state index contributed by atoms with van der Waals surface area (Å²) in [5, 5.41) is 5.23. The lowest BCUT2D eigenvalue weighted by Gasteiger charge is -2.23. The molecule has 0 aliphatic carbocycles. The van der Waals surface area contributed by atoms with Gasteiger partial charge < -0.3 is 15.4 Å². The van der Waals surface area contributed by atoms with Crippen LogP contribution in [0.2, 0.25) is 5.02 Å². The zero-order valence-corrected chi connectivity index (χ0v) is 12.8. The van der Waals surface area contributed by atoms with Crippen molar-refractivity contribution < 1.29 is 18.7 Å². The van der Waals surface area contributed by atoms with E-state index < -0.39 is 23.9 Å². The monoisotopic (exact) mass is 316 g/mol. The molecule has 0 aliphatic heterocycles. The molecule has 0 spiro atoms. The standard InChI is InChI=1S/C14H18ClFN2O3/c1-8(2)13(10-5-4-9(15)6-11(10)16)18-12(19)7-17-14(20)21-3/h4-6,8,13H,7H2,1-3H3,(H,17,20)(H,18,19)/t13-/m0/s1. The van der Waals surface area contributed by atoms with E-state index in [-0.39, 0.29) is 17.5 Å². The maximum Gasteiger partial charge on any atom is 0.407 e. The van der Waals surface area contributed by atoms with Gasteiger partial charge in [-0.3, -0.25) is 4.79 Å². The summed E-state index contributed by atoms with van der Waals surface area (Å²) >= 11 is 5.72. The van der Waals surface area contributed by atoms with Gasteiger partial charge in [-0.25, -0.2) is 9.18 Å². The van der Waals surface area contributed by atoms with Crippen molar-refractivity contribution >= 4 is 23.6 Å². The number of carbonyl (C=O) groups excluding carboxylic acids is 2. The Morgan fingerprint density at radius 1 is 1.38 bits per heavy atom. The van der Waals surface area contributed by atoms with Crippen LogP contribution in [0.3, 0.4) is 0 Å².